The third-order valence-corrected chi connectivity index (χ3v) is 4.02. The van der Waals surface area contributed by atoms with Crippen LogP contribution in [-0.2, 0) is 16.1 Å². The Kier molecular flexibility index (Phi) is 6.00. The fraction of sp³-hybridized carbons (Fsp3) is 0.625. The second kappa shape index (κ2) is 7.98. The molecule has 1 aliphatic heterocycles. The lowest BCUT2D eigenvalue weighted by atomic mass is 9.94. The fourth-order valence-corrected chi connectivity index (χ4v) is 2.70. The van der Waals surface area contributed by atoms with Gasteiger partial charge in [0, 0.05) is 19.6 Å². The summed E-state index contributed by atoms with van der Waals surface area (Å²) in [5, 5.41) is 11.7. The summed E-state index contributed by atoms with van der Waals surface area (Å²) in [4.78, 5) is 22.7. The number of rotatable bonds is 7. The second-order valence-corrected chi connectivity index (χ2v) is 5.71. The summed E-state index contributed by atoms with van der Waals surface area (Å²) in [7, 11) is 0. The van der Waals surface area contributed by atoms with Gasteiger partial charge in [-0.15, -0.1) is 0 Å². The molecule has 0 aromatic carbocycles. The number of aryl methyl sites for hydroxylation is 1. The molecule has 0 bridgehead atoms. The number of aromatic carboxylic acids is 1. The van der Waals surface area contributed by atoms with Gasteiger partial charge in [-0.2, -0.15) is 0 Å². The van der Waals surface area contributed by atoms with E-state index in [-0.39, 0.29) is 18.0 Å². The van der Waals surface area contributed by atoms with Gasteiger partial charge < -0.3 is 19.6 Å². The van der Waals surface area contributed by atoms with Crippen molar-refractivity contribution in [2.24, 2.45) is 5.92 Å². The third kappa shape index (κ3) is 4.87. The number of furan rings is 1. The SMILES string of the molecule is Cc1oc(CNC(=O)CCCC2CCOCC2)cc1C(=O)O. The van der Waals surface area contributed by atoms with E-state index in [0.29, 0.717) is 23.9 Å². The van der Waals surface area contributed by atoms with Crippen molar-refractivity contribution < 1.29 is 23.8 Å². The average molecular weight is 309 g/mol. The molecule has 22 heavy (non-hydrogen) atoms. The van der Waals surface area contributed by atoms with Crippen LogP contribution in [0.1, 0.15) is 54.0 Å². The molecule has 0 spiro atoms. The quantitative estimate of drug-likeness (QED) is 0.808. The minimum atomic E-state index is -1.02. The highest BCUT2D eigenvalue weighted by molar-refractivity contribution is 5.88. The molecule has 2 heterocycles. The van der Waals surface area contributed by atoms with Gasteiger partial charge in [0.25, 0.3) is 0 Å². The van der Waals surface area contributed by atoms with Gasteiger partial charge in [0.15, 0.2) is 0 Å². The summed E-state index contributed by atoms with van der Waals surface area (Å²) in [6.07, 6.45) is 4.59. The van der Waals surface area contributed by atoms with Gasteiger partial charge in [-0.25, -0.2) is 4.79 Å². The summed E-state index contributed by atoms with van der Waals surface area (Å²) in [6, 6.07) is 1.46. The van der Waals surface area contributed by atoms with Gasteiger partial charge in [0.1, 0.15) is 17.1 Å². The van der Waals surface area contributed by atoms with Crippen LogP contribution in [0.15, 0.2) is 10.5 Å². The highest BCUT2D eigenvalue weighted by Gasteiger charge is 2.15. The maximum Gasteiger partial charge on any atom is 0.339 e. The number of hydrogen-bond acceptors (Lipinski definition) is 4. The molecule has 0 unspecified atom stereocenters. The Morgan fingerprint density at radius 2 is 2.09 bits per heavy atom. The van der Waals surface area contributed by atoms with E-state index in [1.54, 1.807) is 6.92 Å². The number of carboxylic acids is 1. The van der Waals surface area contributed by atoms with Crippen molar-refractivity contribution in [1.29, 1.82) is 0 Å². The van der Waals surface area contributed by atoms with Gasteiger partial charge in [-0.3, -0.25) is 4.79 Å². The minimum absolute atomic E-state index is 0.0296. The molecule has 1 amide bonds. The standard InChI is InChI=1S/C16H23NO5/c1-11-14(16(19)20)9-13(22-11)10-17-15(18)4-2-3-12-5-7-21-8-6-12/h9,12H,2-8,10H2,1H3,(H,17,18)(H,19,20). The van der Waals surface area contributed by atoms with Crippen molar-refractivity contribution in [3.63, 3.8) is 0 Å². The largest absolute Gasteiger partial charge is 0.478 e. The van der Waals surface area contributed by atoms with Crippen LogP contribution in [0.25, 0.3) is 0 Å². The van der Waals surface area contributed by atoms with Crippen molar-refractivity contribution in [2.75, 3.05) is 13.2 Å². The molecule has 2 rings (SSSR count). The molecule has 6 heteroatoms. The van der Waals surface area contributed by atoms with E-state index >= 15 is 0 Å². The lowest BCUT2D eigenvalue weighted by Crippen LogP contribution is -2.22. The van der Waals surface area contributed by atoms with E-state index in [1.807, 2.05) is 0 Å². The average Bonchev–Trinajstić information content (AvgIpc) is 2.87. The van der Waals surface area contributed by atoms with Gasteiger partial charge in [-0.05, 0) is 44.6 Å². The molecule has 0 atom stereocenters. The maximum absolute atomic E-state index is 11.8. The molecular weight excluding hydrogens is 286 g/mol. The zero-order valence-corrected chi connectivity index (χ0v) is 12.9. The molecule has 1 aliphatic rings. The van der Waals surface area contributed by atoms with Crippen molar-refractivity contribution in [2.45, 2.75) is 45.6 Å². The van der Waals surface area contributed by atoms with E-state index < -0.39 is 5.97 Å². The topological polar surface area (TPSA) is 88.8 Å². The Morgan fingerprint density at radius 1 is 1.36 bits per heavy atom. The Morgan fingerprint density at radius 3 is 2.73 bits per heavy atom. The van der Waals surface area contributed by atoms with Crippen LogP contribution in [0.5, 0.6) is 0 Å². The molecule has 0 radical (unpaired) electrons. The number of ether oxygens (including phenoxy) is 1. The van der Waals surface area contributed by atoms with E-state index in [0.717, 1.165) is 38.9 Å². The molecular formula is C16H23NO5. The summed E-state index contributed by atoms with van der Waals surface area (Å²) in [6.45, 7) is 3.49. The lowest BCUT2D eigenvalue weighted by Gasteiger charge is -2.21. The molecule has 1 aromatic heterocycles. The number of nitrogens with one attached hydrogen (secondary N) is 1. The molecule has 0 saturated carbocycles. The van der Waals surface area contributed by atoms with Gasteiger partial charge in [0.2, 0.25) is 5.91 Å². The molecule has 2 N–H and O–H groups in total. The van der Waals surface area contributed by atoms with Crippen molar-refractivity contribution in [3.8, 4) is 0 Å². The highest BCUT2D eigenvalue weighted by atomic mass is 16.5. The summed E-state index contributed by atoms with van der Waals surface area (Å²) < 4.78 is 10.6. The monoisotopic (exact) mass is 309 g/mol. The zero-order valence-electron chi connectivity index (χ0n) is 12.9. The lowest BCUT2D eigenvalue weighted by molar-refractivity contribution is -0.121. The summed E-state index contributed by atoms with van der Waals surface area (Å²) >= 11 is 0. The van der Waals surface area contributed by atoms with E-state index in [4.69, 9.17) is 14.3 Å². The number of hydrogen-bond donors (Lipinski definition) is 2. The predicted molar refractivity (Wildman–Crippen MR) is 79.6 cm³/mol. The molecule has 1 aromatic rings. The van der Waals surface area contributed by atoms with Crippen LogP contribution in [-0.4, -0.2) is 30.2 Å². The zero-order chi connectivity index (χ0) is 15.9. The Labute approximate surface area is 129 Å². The summed E-state index contributed by atoms with van der Waals surface area (Å²) in [5.74, 6) is 0.449. The third-order valence-electron chi connectivity index (χ3n) is 4.02. The van der Waals surface area contributed by atoms with Crippen LogP contribution in [0, 0.1) is 12.8 Å². The normalized spacial score (nSPS) is 15.7. The van der Waals surface area contributed by atoms with E-state index in [2.05, 4.69) is 5.32 Å². The van der Waals surface area contributed by atoms with Crippen LogP contribution in [0.2, 0.25) is 0 Å². The summed E-state index contributed by atoms with van der Waals surface area (Å²) in [5.41, 5.74) is 0.142. The van der Waals surface area contributed by atoms with Crippen molar-refractivity contribution in [3.05, 3.63) is 23.2 Å². The number of carbonyl (C=O) groups is 2. The second-order valence-electron chi connectivity index (χ2n) is 5.71. The van der Waals surface area contributed by atoms with Crippen molar-refractivity contribution in [1.82, 2.24) is 5.32 Å². The first-order valence-electron chi connectivity index (χ1n) is 7.73. The first kappa shape index (κ1) is 16.5. The Balaban J connectivity index is 1.66. The van der Waals surface area contributed by atoms with Gasteiger partial charge in [0.05, 0.1) is 6.54 Å². The first-order valence-corrected chi connectivity index (χ1v) is 7.73. The fourth-order valence-electron chi connectivity index (χ4n) is 2.70. The Hall–Kier alpha value is -1.82. The molecule has 1 saturated heterocycles. The first-order chi connectivity index (χ1) is 10.6. The van der Waals surface area contributed by atoms with Crippen LogP contribution < -0.4 is 5.32 Å². The van der Waals surface area contributed by atoms with Gasteiger partial charge >= 0.3 is 5.97 Å². The van der Waals surface area contributed by atoms with E-state index in [1.165, 1.54) is 6.07 Å². The van der Waals surface area contributed by atoms with Crippen LogP contribution in [0.4, 0.5) is 0 Å². The number of carbonyl (C=O) groups excluding carboxylic acids is 1. The molecule has 0 aliphatic carbocycles. The molecule has 122 valence electrons. The number of carboxylic acid groups (broad SMARTS) is 1. The predicted octanol–water partition coefficient (Wildman–Crippen LogP) is 2.50. The van der Waals surface area contributed by atoms with Crippen molar-refractivity contribution >= 4 is 11.9 Å². The molecule has 6 nitrogen and oxygen atoms in total. The van der Waals surface area contributed by atoms with Crippen LogP contribution >= 0.6 is 0 Å². The maximum atomic E-state index is 11.8. The van der Waals surface area contributed by atoms with E-state index in [9.17, 15) is 9.59 Å². The molecule has 1 fully saturated rings. The number of amides is 1. The minimum Gasteiger partial charge on any atom is -0.478 e. The highest BCUT2D eigenvalue weighted by Crippen LogP contribution is 2.20. The smallest absolute Gasteiger partial charge is 0.339 e. The van der Waals surface area contributed by atoms with Gasteiger partial charge in [-0.1, -0.05) is 0 Å². The Bertz CT molecular complexity index is 517. The van der Waals surface area contributed by atoms with Crippen LogP contribution in [0.3, 0.4) is 0 Å².